The van der Waals surface area contributed by atoms with E-state index >= 15 is 0 Å². The van der Waals surface area contributed by atoms with Gasteiger partial charge in [-0.25, -0.2) is 0 Å². The summed E-state index contributed by atoms with van der Waals surface area (Å²) in [5.74, 6) is 0. The molecule has 0 saturated heterocycles. The van der Waals surface area contributed by atoms with Crippen molar-refractivity contribution in [1.29, 1.82) is 0 Å². The van der Waals surface area contributed by atoms with Crippen molar-refractivity contribution < 1.29 is 8.85 Å². The van der Waals surface area contributed by atoms with E-state index < -0.39 is 8.56 Å². The van der Waals surface area contributed by atoms with Crippen LogP contribution in [0.5, 0.6) is 0 Å². The predicted molar refractivity (Wildman–Crippen MR) is 48.7 cm³/mol. The van der Waals surface area contributed by atoms with E-state index in [9.17, 15) is 0 Å². The lowest BCUT2D eigenvalue weighted by Crippen LogP contribution is -2.42. The van der Waals surface area contributed by atoms with E-state index in [0.29, 0.717) is 0 Å². The molecule has 62 valence electrons. The van der Waals surface area contributed by atoms with Gasteiger partial charge in [-0.2, -0.15) is 0 Å². The third kappa shape index (κ3) is 2.70. The Morgan fingerprint density at radius 1 is 1.30 bits per heavy atom. The minimum absolute atomic E-state index is 0.862. The van der Waals surface area contributed by atoms with Crippen molar-refractivity contribution >= 4 is 24.5 Å². The average molecular weight is 227 g/mol. The Morgan fingerprint density at radius 2 is 1.80 bits per heavy atom. The Kier molecular flexibility index (Phi) is 5.62. The molecular formula is C6H15BrO2Si. The summed E-state index contributed by atoms with van der Waals surface area (Å²) in [6.45, 7) is 2.14. The molecule has 0 atom stereocenters. The van der Waals surface area contributed by atoms with Crippen molar-refractivity contribution in [1.82, 2.24) is 0 Å². The fourth-order valence-electron chi connectivity index (χ4n) is 0.844. The summed E-state index contributed by atoms with van der Waals surface area (Å²) >= 11 is 3.41. The summed E-state index contributed by atoms with van der Waals surface area (Å²) < 4.78 is 10.7. The summed E-state index contributed by atoms with van der Waals surface area (Å²) in [6, 6.07) is 1.06. The second-order valence-electron chi connectivity index (χ2n) is 2.20. The molecule has 0 aromatic carbocycles. The normalized spacial score (nSPS) is 12.0. The van der Waals surface area contributed by atoms with Crippen LogP contribution in [0, 0.1) is 0 Å². The summed E-state index contributed by atoms with van der Waals surface area (Å²) in [5.41, 5.74) is 0. The lowest BCUT2D eigenvalue weighted by molar-refractivity contribution is 0.248. The first-order valence-corrected chi connectivity index (χ1v) is 6.76. The molecule has 0 bridgehead atoms. The van der Waals surface area contributed by atoms with Crippen LogP contribution >= 0.6 is 15.9 Å². The van der Waals surface area contributed by atoms with E-state index in [2.05, 4.69) is 22.9 Å². The first-order valence-electron chi connectivity index (χ1n) is 3.41. The zero-order valence-corrected chi connectivity index (χ0v) is 9.40. The van der Waals surface area contributed by atoms with Gasteiger partial charge in [-0.1, -0.05) is 29.3 Å². The Balaban J connectivity index is 3.87. The second-order valence-corrected chi connectivity index (χ2v) is 7.29. The molecule has 0 saturated carbocycles. The van der Waals surface area contributed by atoms with Crippen LogP contribution in [0.3, 0.4) is 0 Å². The molecule has 0 aliphatic heterocycles. The number of alkyl halides is 1. The quantitative estimate of drug-likeness (QED) is 0.528. The first kappa shape index (κ1) is 10.6. The highest BCUT2D eigenvalue weighted by molar-refractivity contribution is 9.09. The molecule has 0 heterocycles. The van der Waals surface area contributed by atoms with E-state index in [4.69, 9.17) is 8.85 Å². The minimum Gasteiger partial charge on any atom is -0.397 e. The van der Waals surface area contributed by atoms with Crippen molar-refractivity contribution in [2.45, 2.75) is 19.4 Å². The molecular weight excluding hydrogens is 212 g/mol. The van der Waals surface area contributed by atoms with Crippen LogP contribution in [-0.4, -0.2) is 27.7 Å². The van der Waals surface area contributed by atoms with E-state index in [1.807, 2.05) is 0 Å². The standard InChI is InChI=1S/C6H15BrO2Si/c1-4-5-10(6-7,8-2)9-3/h4-6H2,1-3H3. The average Bonchev–Trinajstić information content (AvgIpc) is 2.01. The highest BCUT2D eigenvalue weighted by Gasteiger charge is 2.32. The predicted octanol–water partition coefficient (Wildman–Crippen LogP) is 2.07. The largest absolute Gasteiger partial charge is 0.397 e. The molecule has 0 unspecified atom stereocenters. The third-order valence-corrected chi connectivity index (χ3v) is 7.30. The Labute approximate surface area is 72.3 Å². The monoisotopic (exact) mass is 226 g/mol. The molecule has 10 heavy (non-hydrogen) atoms. The van der Waals surface area contributed by atoms with E-state index in [-0.39, 0.29) is 0 Å². The van der Waals surface area contributed by atoms with Crippen LogP contribution in [0.15, 0.2) is 0 Å². The van der Waals surface area contributed by atoms with Crippen molar-refractivity contribution in [3.05, 3.63) is 0 Å². The van der Waals surface area contributed by atoms with Crippen LogP contribution in [0.2, 0.25) is 6.04 Å². The highest BCUT2D eigenvalue weighted by atomic mass is 79.9. The number of hydrogen-bond donors (Lipinski definition) is 0. The first-order chi connectivity index (χ1) is 4.74. The number of rotatable bonds is 5. The van der Waals surface area contributed by atoms with Crippen LogP contribution < -0.4 is 0 Å². The van der Waals surface area contributed by atoms with Crippen molar-refractivity contribution in [3.63, 3.8) is 0 Å². The third-order valence-electron chi connectivity index (χ3n) is 1.58. The van der Waals surface area contributed by atoms with Gasteiger partial charge in [-0.05, 0) is 6.04 Å². The molecule has 0 aliphatic carbocycles. The van der Waals surface area contributed by atoms with Gasteiger partial charge in [-0.15, -0.1) is 0 Å². The maximum atomic E-state index is 5.35. The second kappa shape index (κ2) is 5.29. The van der Waals surface area contributed by atoms with E-state index in [1.54, 1.807) is 14.2 Å². The maximum absolute atomic E-state index is 5.35. The topological polar surface area (TPSA) is 18.5 Å². The van der Waals surface area contributed by atoms with Gasteiger partial charge in [0.15, 0.2) is 0 Å². The minimum atomic E-state index is -1.80. The molecule has 0 aliphatic rings. The van der Waals surface area contributed by atoms with Crippen LogP contribution in [0.4, 0.5) is 0 Å². The summed E-state index contributed by atoms with van der Waals surface area (Å²) in [6.07, 6.45) is 1.12. The summed E-state index contributed by atoms with van der Waals surface area (Å²) in [7, 11) is 1.66. The molecule has 0 radical (unpaired) electrons. The fraction of sp³-hybridized carbons (Fsp3) is 1.00. The number of hydrogen-bond acceptors (Lipinski definition) is 2. The van der Waals surface area contributed by atoms with Gasteiger partial charge in [0.1, 0.15) is 0 Å². The van der Waals surface area contributed by atoms with Crippen molar-refractivity contribution in [2.24, 2.45) is 0 Å². The molecule has 0 N–H and O–H groups in total. The van der Waals surface area contributed by atoms with Gasteiger partial charge in [0, 0.05) is 19.2 Å². The highest BCUT2D eigenvalue weighted by Crippen LogP contribution is 2.16. The molecule has 0 aromatic heterocycles. The van der Waals surface area contributed by atoms with Gasteiger partial charge in [0.25, 0.3) is 0 Å². The number of halogens is 1. The maximum Gasteiger partial charge on any atom is 0.348 e. The van der Waals surface area contributed by atoms with Gasteiger partial charge < -0.3 is 8.85 Å². The molecule has 0 spiro atoms. The summed E-state index contributed by atoms with van der Waals surface area (Å²) in [5, 5.41) is 0. The van der Waals surface area contributed by atoms with Gasteiger partial charge in [0.2, 0.25) is 0 Å². The molecule has 0 fully saturated rings. The van der Waals surface area contributed by atoms with E-state index in [0.717, 1.165) is 17.4 Å². The Hall–Kier alpha value is 0.617. The Morgan fingerprint density at radius 3 is 1.90 bits per heavy atom. The SMILES string of the molecule is CCC[Si](CBr)(OC)OC. The zero-order valence-electron chi connectivity index (χ0n) is 6.82. The van der Waals surface area contributed by atoms with Crippen LogP contribution in [0.25, 0.3) is 0 Å². The van der Waals surface area contributed by atoms with Gasteiger partial charge >= 0.3 is 8.56 Å². The van der Waals surface area contributed by atoms with Gasteiger partial charge in [-0.3, -0.25) is 0 Å². The van der Waals surface area contributed by atoms with E-state index in [1.165, 1.54) is 0 Å². The lowest BCUT2D eigenvalue weighted by Gasteiger charge is -2.24. The van der Waals surface area contributed by atoms with Crippen molar-refractivity contribution in [2.75, 3.05) is 19.2 Å². The lowest BCUT2D eigenvalue weighted by atomic mass is 10.6. The molecule has 2 nitrogen and oxygen atoms in total. The molecule has 4 heteroatoms. The van der Waals surface area contributed by atoms with Crippen molar-refractivity contribution in [3.8, 4) is 0 Å². The fourth-order valence-corrected chi connectivity index (χ4v) is 4.75. The van der Waals surface area contributed by atoms with Crippen LogP contribution in [0.1, 0.15) is 13.3 Å². The summed E-state index contributed by atoms with van der Waals surface area (Å²) in [4.78, 5) is 0.862. The van der Waals surface area contributed by atoms with Gasteiger partial charge in [0.05, 0.1) is 0 Å². The molecule has 0 aromatic rings. The molecule has 0 amide bonds. The Bertz CT molecular complexity index is 77.6. The van der Waals surface area contributed by atoms with Crippen LogP contribution in [-0.2, 0) is 8.85 Å². The molecule has 0 rings (SSSR count). The smallest absolute Gasteiger partial charge is 0.348 e. The zero-order chi connectivity index (χ0) is 8.04.